The van der Waals surface area contributed by atoms with E-state index >= 15 is 0 Å². The lowest BCUT2D eigenvalue weighted by Crippen LogP contribution is -2.04. The zero-order valence-corrected chi connectivity index (χ0v) is 13.5. The third kappa shape index (κ3) is 3.96. The van der Waals surface area contributed by atoms with Gasteiger partial charge in [0.15, 0.2) is 0 Å². The molecule has 1 saturated carbocycles. The van der Waals surface area contributed by atoms with E-state index in [0.29, 0.717) is 34.1 Å². The number of hydrogen-bond donors (Lipinski definition) is 1. The number of ether oxygens (including phenoxy) is 1. The Morgan fingerprint density at radius 1 is 1.24 bits per heavy atom. The molecule has 1 aliphatic carbocycles. The van der Waals surface area contributed by atoms with Gasteiger partial charge in [0.1, 0.15) is 5.03 Å². The molecule has 2 aromatic rings. The standard InChI is InChI=1S/C15H14Cl2N2OS/c16-10-3-4-11(17)13(7-10)21-14-6-5-12(18)15(19-14)20-8-9-1-2-9/h3-7,9H,1-2,8,18H2. The number of rotatable bonds is 5. The Hall–Kier alpha value is -1.10. The van der Waals surface area contributed by atoms with Gasteiger partial charge < -0.3 is 10.5 Å². The van der Waals surface area contributed by atoms with Gasteiger partial charge in [-0.1, -0.05) is 35.0 Å². The van der Waals surface area contributed by atoms with Crippen LogP contribution in [0.2, 0.25) is 10.0 Å². The number of anilines is 1. The van der Waals surface area contributed by atoms with Crippen LogP contribution in [-0.2, 0) is 0 Å². The Bertz CT molecular complexity index is 662. The van der Waals surface area contributed by atoms with E-state index in [4.69, 9.17) is 33.7 Å². The van der Waals surface area contributed by atoms with E-state index in [1.165, 1.54) is 24.6 Å². The van der Waals surface area contributed by atoms with Gasteiger partial charge in [-0.15, -0.1) is 0 Å². The summed E-state index contributed by atoms with van der Waals surface area (Å²) in [5, 5.41) is 2.06. The van der Waals surface area contributed by atoms with Crippen LogP contribution in [0.25, 0.3) is 0 Å². The summed E-state index contributed by atoms with van der Waals surface area (Å²) in [5.41, 5.74) is 6.45. The largest absolute Gasteiger partial charge is 0.476 e. The van der Waals surface area contributed by atoms with E-state index in [1.807, 2.05) is 12.1 Å². The summed E-state index contributed by atoms with van der Waals surface area (Å²) in [7, 11) is 0. The summed E-state index contributed by atoms with van der Waals surface area (Å²) in [4.78, 5) is 5.31. The quantitative estimate of drug-likeness (QED) is 0.839. The van der Waals surface area contributed by atoms with Gasteiger partial charge in [0.05, 0.1) is 17.3 Å². The lowest BCUT2D eigenvalue weighted by atomic mass is 10.4. The Morgan fingerprint density at radius 2 is 2.05 bits per heavy atom. The van der Waals surface area contributed by atoms with Crippen molar-refractivity contribution >= 4 is 40.7 Å². The third-order valence-corrected chi connectivity index (χ3v) is 4.80. The molecule has 0 aliphatic heterocycles. The topological polar surface area (TPSA) is 48.1 Å². The summed E-state index contributed by atoms with van der Waals surface area (Å²) in [5.74, 6) is 1.15. The number of benzene rings is 1. The Morgan fingerprint density at radius 3 is 2.81 bits per heavy atom. The summed E-state index contributed by atoms with van der Waals surface area (Å²) < 4.78 is 5.68. The van der Waals surface area contributed by atoms with Crippen molar-refractivity contribution in [3.8, 4) is 5.88 Å². The van der Waals surface area contributed by atoms with Crippen LogP contribution in [0.3, 0.4) is 0 Å². The first kappa shape index (κ1) is 14.8. The molecule has 1 aromatic carbocycles. The van der Waals surface area contributed by atoms with Crippen LogP contribution in [0.1, 0.15) is 12.8 Å². The molecule has 0 bridgehead atoms. The first-order chi connectivity index (χ1) is 10.1. The first-order valence-electron chi connectivity index (χ1n) is 6.64. The zero-order valence-electron chi connectivity index (χ0n) is 11.2. The smallest absolute Gasteiger partial charge is 0.238 e. The summed E-state index contributed by atoms with van der Waals surface area (Å²) >= 11 is 13.6. The van der Waals surface area contributed by atoms with Gasteiger partial charge in [-0.25, -0.2) is 4.98 Å². The van der Waals surface area contributed by atoms with Crippen LogP contribution in [0, 0.1) is 5.92 Å². The van der Waals surface area contributed by atoms with Crippen molar-refractivity contribution in [2.45, 2.75) is 22.8 Å². The summed E-state index contributed by atoms with van der Waals surface area (Å²) in [6.07, 6.45) is 2.46. The number of aromatic nitrogens is 1. The van der Waals surface area contributed by atoms with Crippen molar-refractivity contribution in [3.05, 3.63) is 40.4 Å². The highest BCUT2D eigenvalue weighted by atomic mass is 35.5. The SMILES string of the molecule is Nc1ccc(Sc2cc(Cl)ccc2Cl)nc1OCC1CC1. The Kier molecular flexibility index (Phi) is 4.48. The van der Waals surface area contributed by atoms with Crippen LogP contribution >= 0.6 is 35.0 Å². The monoisotopic (exact) mass is 340 g/mol. The van der Waals surface area contributed by atoms with E-state index in [1.54, 1.807) is 18.2 Å². The van der Waals surface area contributed by atoms with Crippen LogP contribution in [0.5, 0.6) is 5.88 Å². The molecular formula is C15H14Cl2N2OS. The molecule has 0 saturated heterocycles. The van der Waals surface area contributed by atoms with Gasteiger partial charge >= 0.3 is 0 Å². The molecule has 110 valence electrons. The summed E-state index contributed by atoms with van der Waals surface area (Å²) in [6, 6.07) is 9.00. The van der Waals surface area contributed by atoms with Crippen LogP contribution < -0.4 is 10.5 Å². The highest BCUT2D eigenvalue weighted by Gasteiger charge is 2.22. The average molecular weight is 341 g/mol. The molecule has 0 spiro atoms. The first-order valence-corrected chi connectivity index (χ1v) is 8.21. The van der Waals surface area contributed by atoms with Gasteiger partial charge in [-0.05, 0) is 49.1 Å². The van der Waals surface area contributed by atoms with E-state index < -0.39 is 0 Å². The van der Waals surface area contributed by atoms with Crippen molar-refractivity contribution in [2.24, 2.45) is 5.92 Å². The fraction of sp³-hybridized carbons (Fsp3) is 0.267. The van der Waals surface area contributed by atoms with Gasteiger partial charge in [0, 0.05) is 9.92 Å². The minimum atomic E-state index is 0.491. The van der Waals surface area contributed by atoms with Crippen molar-refractivity contribution in [1.82, 2.24) is 4.98 Å². The van der Waals surface area contributed by atoms with E-state index in [-0.39, 0.29) is 0 Å². The molecule has 3 nitrogen and oxygen atoms in total. The number of nitrogens with two attached hydrogens (primary N) is 1. The van der Waals surface area contributed by atoms with Crippen molar-refractivity contribution in [3.63, 3.8) is 0 Å². The maximum Gasteiger partial charge on any atom is 0.238 e. The molecule has 1 aliphatic rings. The molecule has 1 aromatic heterocycles. The van der Waals surface area contributed by atoms with Crippen molar-refractivity contribution < 1.29 is 4.74 Å². The number of nitrogen functional groups attached to an aromatic ring is 1. The number of hydrogen-bond acceptors (Lipinski definition) is 4. The highest BCUT2D eigenvalue weighted by molar-refractivity contribution is 7.99. The molecule has 2 N–H and O–H groups in total. The fourth-order valence-electron chi connectivity index (χ4n) is 1.76. The third-order valence-electron chi connectivity index (χ3n) is 3.12. The minimum absolute atomic E-state index is 0.491. The molecule has 3 rings (SSSR count). The predicted molar refractivity (Wildman–Crippen MR) is 87.5 cm³/mol. The van der Waals surface area contributed by atoms with E-state index in [9.17, 15) is 0 Å². The molecule has 1 fully saturated rings. The normalized spacial score (nSPS) is 14.2. The molecule has 6 heteroatoms. The lowest BCUT2D eigenvalue weighted by molar-refractivity contribution is 0.288. The average Bonchev–Trinajstić information content (AvgIpc) is 3.27. The molecule has 0 amide bonds. The lowest BCUT2D eigenvalue weighted by Gasteiger charge is -2.09. The maximum absolute atomic E-state index is 6.16. The van der Waals surface area contributed by atoms with Gasteiger partial charge in [0.25, 0.3) is 0 Å². The highest BCUT2D eigenvalue weighted by Crippen LogP contribution is 2.36. The van der Waals surface area contributed by atoms with Crippen molar-refractivity contribution in [1.29, 1.82) is 0 Å². The molecule has 0 atom stereocenters. The van der Waals surface area contributed by atoms with Gasteiger partial charge in [0.2, 0.25) is 5.88 Å². The van der Waals surface area contributed by atoms with Crippen molar-refractivity contribution in [2.75, 3.05) is 12.3 Å². The van der Waals surface area contributed by atoms with Crippen LogP contribution in [-0.4, -0.2) is 11.6 Å². The number of pyridine rings is 1. The van der Waals surface area contributed by atoms with E-state index in [0.717, 1.165) is 9.92 Å². The number of halogens is 2. The second kappa shape index (κ2) is 6.34. The Labute approximate surface area is 137 Å². The second-order valence-electron chi connectivity index (χ2n) is 4.98. The summed E-state index contributed by atoms with van der Waals surface area (Å²) in [6.45, 7) is 0.684. The van der Waals surface area contributed by atoms with Gasteiger partial charge in [-0.3, -0.25) is 0 Å². The molecule has 1 heterocycles. The molecule has 0 unspecified atom stereocenters. The molecule has 0 radical (unpaired) electrons. The van der Waals surface area contributed by atoms with Crippen LogP contribution in [0.15, 0.2) is 40.3 Å². The Balaban J connectivity index is 1.78. The second-order valence-corrected chi connectivity index (χ2v) is 6.88. The molecule has 21 heavy (non-hydrogen) atoms. The van der Waals surface area contributed by atoms with Crippen LogP contribution in [0.4, 0.5) is 5.69 Å². The zero-order chi connectivity index (χ0) is 14.8. The fourth-order valence-corrected chi connectivity index (χ4v) is 3.07. The van der Waals surface area contributed by atoms with E-state index in [2.05, 4.69) is 4.98 Å². The molecular weight excluding hydrogens is 327 g/mol. The number of nitrogens with zero attached hydrogens (tertiary/aromatic N) is 1. The predicted octanol–water partition coefficient (Wildman–Crippen LogP) is 4.91. The maximum atomic E-state index is 6.16. The van der Waals surface area contributed by atoms with Gasteiger partial charge in [-0.2, -0.15) is 0 Å². The minimum Gasteiger partial charge on any atom is -0.476 e.